The van der Waals surface area contributed by atoms with Crippen LogP contribution >= 0.6 is 0 Å². The Balaban J connectivity index is 3.10. The average Bonchev–Trinajstić information content (AvgIpc) is 2.19. The summed E-state index contributed by atoms with van der Waals surface area (Å²) in [4.78, 5) is 0. The monoisotopic (exact) mass is 214 g/mol. The SMILES string of the molecule is COCOc1c(B(O)O)ccc(C)c1F. The second kappa shape index (κ2) is 5.11. The van der Waals surface area contributed by atoms with Crippen LogP contribution in [0.5, 0.6) is 5.75 Å². The molecule has 6 heteroatoms. The largest absolute Gasteiger partial charge is 0.492 e. The maximum atomic E-state index is 13.5. The summed E-state index contributed by atoms with van der Waals surface area (Å²) in [6.07, 6.45) is 0. The lowest BCUT2D eigenvalue weighted by molar-refractivity contribution is 0.0488. The lowest BCUT2D eigenvalue weighted by atomic mass is 9.79. The molecule has 0 fully saturated rings. The highest BCUT2D eigenvalue weighted by Gasteiger charge is 2.21. The maximum absolute atomic E-state index is 13.5. The van der Waals surface area contributed by atoms with Gasteiger partial charge in [0.05, 0.1) is 0 Å². The molecule has 2 N–H and O–H groups in total. The molecule has 1 aromatic carbocycles. The standard InChI is InChI=1S/C9H12BFO4/c1-6-3-4-7(10(12)13)9(8(6)11)15-5-14-2/h3-4,12-13H,5H2,1-2H3. The van der Waals surface area contributed by atoms with Crippen molar-refractivity contribution in [3.8, 4) is 5.75 Å². The highest BCUT2D eigenvalue weighted by atomic mass is 19.1. The molecule has 0 unspecified atom stereocenters. The Labute approximate surface area is 87.4 Å². The summed E-state index contributed by atoms with van der Waals surface area (Å²) in [5.74, 6) is -0.801. The van der Waals surface area contributed by atoms with Crippen molar-refractivity contribution < 1.29 is 23.9 Å². The molecule has 1 aromatic rings. The van der Waals surface area contributed by atoms with Gasteiger partial charge in [-0.15, -0.1) is 0 Å². The molecule has 0 bridgehead atoms. The predicted molar refractivity (Wildman–Crippen MR) is 53.5 cm³/mol. The molecule has 15 heavy (non-hydrogen) atoms. The number of benzene rings is 1. The Kier molecular flexibility index (Phi) is 4.08. The van der Waals surface area contributed by atoms with Gasteiger partial charge in [0.1, 0.15) is 0 Å². The fraction of sp³-hybridized carbons (Fsp3) is 0.333. The van der Waals surface area contributed by atoms with Crippen molar-refractivity contribution in [2.24, 2.45) is 0 Å². The topological polar surface area (TPSA) is 58.9 Å². The molecule has 4 nitrogen and oxygen atoms in total. The second-order valence-electron chi connectivity index (χ2n) is 3.04. The highest BCUT2D eigenvalue weighted by molar-refractivity contribution is 6.59. The summed E-state index contributed by atoms with van der Waals surface area (Å²) in [7, 11) is -0.380. The molecule has 0 aliphatic carbocycles. The van der Waals surface area contributed by atoms with E-state index in [-0.39, 0.29) is 18.0 Å². The van der Waals surface area contributed by atoms with E-state index in [9.17, 15) is 4.39 Å². The smallest absolute Gasteiger partial charge is 0.465 e. The Hall–Kier alpha value is -1.11. The molecule has 0 spiro atoms. The molecule has 0 aliphatic heterocycles. The van der Waals surface area contributed by atoms with Crippen LogP contribution in [0.3, 0.4) is 0 Å². The van der Waals surface area contributed by atoms with E-state index in [1.165, 1.54) is 19.2 Å². The maximum Gasteiger partial charge on any atom is 0.492 e. The zero-order chi connectivity index (χ0) is 11.4. The van der Waals surface area contributed by atoms with E-state index in [0.717, 1.165) is 0 Å². The number of methoxy groups -OCH3 is 1. The summed E-state index contributed by atoms with van der Waals surface area (Å²) >= 11 is 0. The molecule has 0 aliphatic rings. The third-order valence-electron chi connectivity index (χ3n) is 1.92. The third-order valence-corrected chi connectivity index (χ3v) is 1.92. The highest BCUT2D eigenvalue weighted by Crippen LogP contribution is 2.18. The van der Waals surface area contributed by atoms with Crippen LogP contribution < -0.4 is 10.2 Å². The van der Waals surface area contributed by atoms with Gasteiger partial charge in [0, 0.05) is 12.6 Å². The van der Waals surface area contributed by atoms with Gasteiger partial charge in [-0.05, 0) is 12.5 Å². The van der Waals surface area contributed by atoms with Crippen molar-refractivity contribution in [1.82, 2.24) is 0 Å². The Morgan fingerprint density at radius 3 is 2.60 bits per heavy atom. The van der Waals surface area contributed by atoms with Crippen LogP contribution in [0.15, 0.2) is 12.1 Å². The fourth-order valence-corrected chi connectivity index (χ4v) is 1.14. The van der Waals surface area contributed by atoms with Gasteiger partial charge in [-0.3, -0.25) is 0 Å². The van der Waals surface area contributed by atoms with Gasteiger partial charge in [0.2, 0.25) is 0 Å². The molecule has 82 valence electrons. The predicted octanol–water partition coefficient (Wildman–Crippen LogP) is -0.203. The van der Waals surface area contributed by atoms with Gasteiger partial charge >= 0.3 is 7.12 Å². The first-order chi connectivity index (χ1) is 7.07. The van der Waals surface area contributed by atoms with Gasteiger partial charge in [0.15, 0.2) is 18.4 Å². The quantitative estimate of drug-likeness (QED) is 0.538. The van der Waals surface area contributed by atoms with Gasteiger partial charge in [0.25, 0.3) is 0 Å². The minimum Gasteiger partial charge on any atom is -0.465 e. The number of halogens is 1. The zero-order valence-corrected chi connectivity index (χ0v) is 8.53. The van der Waals surface area contributed by atoms with E-state index in [1.807, 2.05) is 0 Å². The van der Waals surface area contributed by atoms with Gasteiger partial charge in [-0.25, -0.2) is 4.39 Å². The summed E-state index contributed by atoms with van der Waals surface area (Å²) in [6.45, 7) is 1.41. The molecule has 0 radical (unpaired) electrons. The van der Waals surface area contributed by atoms with Crippen molar-refractivity contribution in [2.45, 2.75) is 6.92 Å². The summed E-state index contributed by atoms with van der Waals surface area (Å²) in [5, 5.41) is 18.0. The normalized spacial score (nSPS) is 10.2. The summed E-state index contributed by atoms with van der Waals surface area (Å²) in [5.41, 5.74) is 0.348. The first-order valence-electron chi connectivity index (χ1n) is 4.34. The Bertz CT molecular complexity index is 343. The summed E-state index contributed by atoms with van der Waals surface area (Å²) in [6, 6.07) is 2.85. The first-order valence-corrected chi connectivity index (χ1v) is 4.34. The van der Waals surface area contributed by atoms with E-state index in [4.69, 9.17) is 14.8 Å². The van der Waals surface area contributed by atoms with Crippen molar-refractivity contribution in [1.29, 1.82) is 0 Å². The van der Waals surface area contributed by atoms with Crippen LogP contribution in [0.4, 0.5) is 4.39 Å². The van der Waals surface area contributed by atoms with Crippen LogP contribution in [0.1, 0.15) is 5.56 Å². The van der Waals surface area contributed by atoms with Gasteiger partial charge < -0.3 is 19.5 Å². The average molecular weight is 214 g/mol. The number of rotatable bonds is 4. The number of hydrogen-bond donors (Lipinski definition) is 2. The third kappa shape index (κ3) is 2.68. The van der Waals surface area contributed by atoms with E-state index < -0.39 is 12.9 Å². The number of aryl methyl sites for hydroxylation is 1. The number of hydrogen-bond acceptors (Lipinski definition) is 4. The lowest BCUT2D eigenvalue weighted by Crippen LogP contribution is -2.32. The van der Waals surface area contributed by atoms with Crippen LogP contribution in [0.25, 0.3) is 0 Å². The Morgan fingerprint density at radius 1 is 1.40 bits per heavy atom. The van der Waals surface area contributed by atoms with Crippen LogP contribution in [0, 0.1) is 12.7 Å². The molecule has 0 saturated heterocycles. The van der Waals surface area contributed by atoms with Crippen LogP contribution in [-0.2, 0) is 4.74 Å². The molecule has 0 amide bonds. The fourth-order valence-electron chi connectivity index (χ4n) is 1.14. The number of ether oxygens (including phenoxy) is 2. The van der Waals surface area contributed by atoms with E-state index in [1.54, 1.807) is 6.92 Å². The minimum atomic E-state index is -1.77. The molecule has 0 atom stereocenters. The zero-order valence-electron chi connectivity index (χ0n) is 8.53. The lowest BCUT2D eigenvalue weighted by Gasteiger charge is -2.12. The van der Waals surface area contributed by atoms with Crippen molar-refractivity contribution in [3.63, 3.8) is 0 Å². The van der Waals surface area contributed by atoms with Gasteiger partial charge in [-0.2, -0.15) is 0 Å². The Morgan fingerprint density at radius 2 is 2.07 bits per heavy atom. The summed E-state index contributed by atoms with van der Waals surface area (Å²) < 4.78 is 23.1. The minimum absolute atomic E-state index is 0.0184. The molecule has 0 saturated carbocycles. The first kappa shape index (κ1) is 12.0. The van der Waals surface area contributed by atoms with Crippen LogP contribution in [0.2, 0.25) is 0 Å². The molecular formula is C9H12BFO4. The van der Waals surface area contributed by atoms with Gasteiger partial charge in [-0.1, -0.05) is 12.1 Å². The van der Waals surface area contributed by atoms with Crippen LogP contribution in [-0.4, -0.2) is 31.1 Å². The molecule has 0 aromatic heterocycles. The van der Waals surface area contributed by atoms with E-state index >= 15 is 0 Å². The van der Waals surface area contributed by atoms with Crippen molar-refractivity contribution in [2.75, 3.05) is 13.9 Å². The van der Waals surface area contributed by atoms with E-state index in [0.29, 0.717) is 5.56 Å². The van der Waals surface area contributed by atoms with Crippen molar-refractivity contribution in [3.05, 3.63) is 23.5 Å². The van der Waals surface area contributed by atoms with Crippen molar-refractivity contribution >= 4 is 12.6 Å². The molecular weight excluding hydrogens is 202 g/mol. The second-order valence-corrected chi connectivity index (χ2v) is 3.04. The molecule has 0 heterocycles. The van der Waals surface area contributed by atoms with E-state index in [2.05, 4.69) is 4.74 Å². The molecule has 1 rings (SSSR count).